The summed E-state index contributed by atoms with van der Waals surface area (Å²) in [5, 5.41) is 6.28. The molecule has 0 radical (unpaired) electrons. The van der Waals surface area contributed by atoms with Crippen LogP contribution in [0, 0.1) is 5.92 Å². The van der Waals surface area contributed by atoms with Crippen molar-refractivity contribution in [3.63, 3.8) is 0 Å². The van der Waals surface area contributed by atoms with E-state index < -0.39 is 0 Å². The van der Waals surface area contributed by atoms with Gasteiger partial charge in [-0.25, -0.2) is 0 Å². The average Bonchev–Trinajstić information content (AvgIpc) is 3.07. The Kier molecular flexibility index (Phi) is 8.36. The Morgan fingerprint density at radius 2 is 2.08 bits per heavy atom. The Labute approximate surface area is 150 Å². The summed E-state index contributed by atoms with van der Waals surface area (Å²) in [5.74, 6) is 1.95. The fourth-order valence-electron chi connectivity index (χ4n) is 2.63. The van der Waals surface area contributed by atoms with Crippen molar-refractivity contribution in [1.29, 1.82) is 0 Å². The highest BCUT2D eigenvalue weighted by Crippen LogP contribution is 2.30. The van der Waals surface area contributed by atoms with Crippen LogP contribution in [0.25, 0.3) is 0 Å². The molecule has 24 heavy (non-hydrogen) atoms. The summed E-state index contributed by atoms with van der Waals surface area (Å²) in [6, 6.07) is 5.69. The Hall–Kier alpha value is -1.46. The van der Waals surface area contributed by atoms with Gasteiger partial charge in [-0.3, -0.25) is 4.79 Å². The van der Waals surface area contributed by atoms with Gasteiger partial charge in [-0.1, -0.05) is 19.9 Å². The molecule has 2 atom stereocenters. The van der Waals surface area contributed by atoms with Crippen molar-refractivity contribution in [3.8, 4) is 11.5 Å². The van der Waals surface area contributed by atoms with Crippen molar-refractivity contribution in [3.05, 3.63) is 23.8 Å². The minimum Gasteiger partial charge on any atom is -0.493 e. The molecule has 1 amide bonds. The van der Waals surface area contributed by atoms with E-state index in [9.17, 15) is 4.79 Å². The minimum atomic E-state index is -0.0713. The monoisotopic (exact) mass is 356 g/mol. The molecule has 1 heterocycles. The summed E-state index contributed by atoms with van der Waals surface area (Å²) in [6.45, 7) is 7.76. The Balaban J connectivity index is 0.00000288. The van der Waals surface area contributed by atoms with E-state index in [1.54, 1.807) is 7.11 Å². The summed E-state index contributed by atoms with van der Waals surface area (Å²) < 4.78 is 11.2. The van der Waals surface area contributed by atoms with Crippen LogP contribution in [0.1, 0.15) is 45.2 Å². The lowest BCUT2D eigenvalue weighted by molar-refractivity contribution is -0.123. The van der Waals surface area contributed by atoms with Crippen LogP contribution in [0.15, 0.2) is 18.2 Å². The maximum absolute atomic E-state index is 12.2. The van der Waals surface area contributed by atoms with Crippen LogP contribution in [0.2, 0.25) is 0 Å². The third-order valence-electron chi connectivity index (χ3n) is 4.00. The van der Waals surface area contributed by atoms with Gasteiger partial charge in [0.25, 0.3) is 0 Å². The molecule has 1 aliphatic rings. The third kappa shape index (κ3) is 5.56. The number of carbonyl (C=O) groups is 1. The molecule has 0 bridgehead atoms. The van der Waals surface area contributed by atoms with Crippen molar-refractivity contribution in [2.24, 2.45) is 5.92 Å². The number of carbonyl (C=O) groups excluding carboxylic acids is 1. The molecule has 1 aromatic carbocycles. The van der Waals surface area contributed by atoms with Crippen LogP contribution >= 0.6 is 12.4 Å². The molecule has 0 aliphatic carbocycles. The molecule has 2 unspecified atom stereocenters. The number of nitrogens with one attached hydrogen (secondary N) is 2. The lowest BCUT2D eigenvalue weighted by Gasteiger charge is -2.19. The number of amides is 1. The van der Waals surface area contributed by atoms with E-state index in [1.807, 2.05) is 25.1 Å². The van der Waals surface area contributed by atoms with E-state index in [-0.39, 0.29) is 30.4 Å². The van der Waals surface area contributed by atoms with Crippen LogP contribution in [0.4, 0.5) is 0 Å². The third-order valence-corrected chi connectivity index (χ3v) is 4.00. The molecule has 2 N–H and O–H groups in total. The minimum absolute atomic E-state index is 0. The number of benzene rings is 1. The van der Waals surface area contributed by atoms with Gasteiger partial charge in [-0.15, -0.1) is 12.4 Å². The average molecular weight is 357 g/mol. The molecule has 136 valence electrons. The highest BCUT2D eigenvalue weighted by atomic mass is 35.5. The smallest absolute Gasteiger partial charge is 0.237 e. The molecule has 1 saturated heterocycles. The number of hydrogen-bond donors (Lipinski definition) is 2. The summed E-state index contributed by atoms with van der Waals surface area (Å²) in [4.78, 5) is 12.2. The van der Waals surface area contributed by atoms with Crippen molar-refractivity contribution >= 4 is 18.3 Å². The van der Waals surface area contributed by atoms with Crippen molar-refractivity contribution in [2.45, 2.75) is 45.7 Å². The summed E-state index contributed by atoms with van der Waals surface area (Å²) in [5.41, 5.74) is 1.00. The zero-order valence-corrected chi connectivity index (χ0v) is 15.7. The standard InChI is InChI=1S/C18H28N2O3.ClH/c1-12(2)11-23-16-8-7-14(10-17(16)22-4)13(3)20-18(21)15-6-5-9-19-15;/h7-8,10,12-13,15,19H,5-6,9,11H2,1-4H3,(H,20,21);1H. The molecule has 0 spiro atoms. The SMILES string of the molecule is COc1cc(C(C)NC(=O)C2CCCN2)ccc1OCC(C)C.Cl. The molecular formula is C18H29ClN2O3. The van der Waals surface area contributed by atoms with Crippen molar-refractivity contribution < 1.29 is 14.3 Å². The van der Waals surface area contributed by atoms with Gasteiger partial charge in [0.2, 0.25) is 5.91 Å². The second-order valence-corrected chi connectivity index (χ2v) is 6.49. The number of methoxy groups -OCH3 is 1. The largest absolute Gasteiger partial charge is 0.493 e. The first-order valence-electron chi connectivity index (χ1n) is 8.35. The molecule has 6 heteroatoms. The first-order valence-corrected chi connectivity index (χ1v) is 8.35. The number of halogens is 1. The molecule has 0 aromatic heterocycles. The molecule has 1 aliphatic heterocycles. The number of rotatable bonds is 7. The van der Waals surface area contributed by atoms with Gasteiger partial charge in [0, 0.05) is 0 Å². The first-order chi connectivity index (χ1) is 11.0. The Bertz CT molecular complexity index is 531. The second-order valence-electron chi connectivity index (χ2n) is 6.49. The van der Waals surface area contributed by atoms with Gasteiger partial charge in [0.1, 0.15) is 0 Å². The molecule has 0 saturated carbocycles. The van der Waals surface area contributed by atoms with Crippen LogP contribution < -0.4 is 20.1 Å². The zero-order valence-electron chi connectivity index (χ0n) is 14.9. The summed E-state index contributed by atoms with van der Waals surface area (Å²) >= 11 is 0. The Morgan fingerprint density at radius 3 is 2.67 bits per heavy atom. The molecule has 1 fully saturated rings. The molecule has 2 rings (SSSR count). The lowest BCUT2D eigenvalue weighted by atomic mass is 10.1. The van der Waals surface area contributed by atoms with Gasteiger partial charge in [0.15, 0.2) is 11.5 Å². The van der Waals surface area contributed by atoms with E-state index in [4.69, 9.17) is 9.47 Å². The maximum Gasteiger partial charge on any atom is 0.237 e. The van der Waals surface area contributed by atoms with Crippen molar-refractivity contribution in [1.82, 2.24) is 10.6 Å². The Morgan fingerprint density at radius 1 is 1.33 bits per heavy atom. The maximum atomic E-state index is 12.2. The van der Waals surface area contributed by atoms with Gasteiger partial charge >= 0.3 is 0 Å². The molecule has 5 nitrogen and oxygen atoms in total. The lowest BCUT2D eigenvalue weighted by Crippen LogP contribution is -2.41. The number of hydrogen-bond acceptors (Lipinski definition) is 4. The predicted molar refractivity (Wildman–Crippen MR) is 98.2 cm³/mol. The van der Waals surface area contributed by atoms with Gasteiger partial charge in [-0.05, 0) is 49.9 Å². The highest BCUT2D eigenvalue weighted by molar-refractivity contribution is 5.85. The van der Waals surface area contributed by atoms with E-state index in [0.717, 1.165) is 30.7 Å². The van der Waals surface area contributed by atoms with Crippen LogP contribution in [0.3, 0.4) is 0 Å². The van der Waals surface area contributed by atoms with Crippen LogP contribution in [-0.2, 0) is 4.79 Å². The fourth-order valence-corrected chi connectivity index (χ4v) is 2.63. The molecular weight excluding hydrogens is 328 g/mol. The molecule has 1 aromatic rings. The summed E-state index contributed by atoms with van der Waals surface area (Å²) in [6.07, 6.45) is 1.96. The summed E-state index contributed by atoms with van der Waals surface area (Å²) in [7, 11) is 1.63. The first kappa shape index (κ1) is 20.6. The fraction of sp³-hybridized carbons (Fsp3) is 0.611. The second kappa shape index (κ2) is 9.74. The number of ether oxygens (including phenoxy) is 2. The predicted octanol–water partition coefficient (Wildman–Crippen LogP) is 3.08. The van der Waals surface area contributed by atoms with E-state index in [2.05, 4.69) is 24.5 Å². The van der Waals surface area contributed by atoms with E-state index in [1.165, 1.54) is 0 Å². The van der Waals surface area contributed by atoms with Crippen LogP contribution in [-0.4, -0.2) is 32.2 Å². The van der Waals surface area contributed by atoms with E-state index >= 15 is 0 Å². The topological polar surface area (TPSA) is 59.6 Å². The van der Waals surface area contributed by atoms with Crippen molar-refractivity contribution in [2.75, 3.05) is 20.3 Å². The van der Waals surface area contributed by atoms with E-state index in [0.29, 0.717) is 18.3 Å². The normalized spacial score (nSPS) is 18.0. The van der Waals surface area contributed by atoms with Gasteiger partial charge in [0.05, 0.1) is 25.8 Å². The highest BCUT2D eigenvalue weighted by Gasteiger charge is 2.23. The zero-order chi connectivity index (χ0) is 16.8. The van der Waals surface area contributed by atoms with Crippen LogP contribution in [0.5, 0.6) is 11.5 Å². The van der Waals surface area contributed by atoms with Gasteiger partial charge < -0.3 is 20.1 Å². The quantitative estimate of drug-likeness (QED) is 0.788. The van der Waals surface area contributed by atoms with Gasteiger partial charge in [-0.2, -0.15) is 0 Å².